The number of benzene rings is 3. The highest BCUT2D eigenvalue weighted by Gasteiger charge is 2.29. The van der Waals surface area contributed by atoms with Crippen molar-refractivity contribution in [3.8, 4) is 5.75 Å². The Bertz CT molecular complexity index is 1270. The first-order valence-corrected chi connectivity index (χ1v) is 14.0. The van der Waals surface area contributed by atoms with Crippen LogP contribution < -0.4 is 15.0 Å². The van der Waals surface area contributed by atoms with Crippen molar-refractivity contribution in [1.82, 2.24) is 5.32 Å². The molecule has 1 N–H and O–H groups in total. The van der Waals surface area contributed by atoms with Crippen molar-refractivity contribution in [3.05, 3.63) is 77.3 Å². The summed E-state index contributed by atoms with van der Waals surface area (Å²) in [5, 5.41) is 3.36. The number of hydrogen-bond acceptors (Lipinski definition) is 5. The van der Waals surface area contributed by atoms with Crippen LogP contribution in [0.1, 0.15) is 56.8 Å². The second-order valence-electron chi connectivity index (χ2n) is 10.0. The maximum absolute atomic E-state index is 13.6. The average Bonchev–Trinajstić information content (AvgIpc) is 2.88. The first kappa shape index (κ1) is 27.9. The summed E-state index contributed by atoms with van der Waals surface area (Å²) in [5.41, 5.74) is 1.72. The van der Waals surface area contributed by atoms with Crippen LogP contribution in [0.15, 0.2) is 76.5 Å². The molecule has 8 heteroatoms. The van der Waals surface area contributed by atoms with Gasteiger partial charge in [0.2, 0.25) is 0 Å². The van der Waals surface area contributed by atoms with Crippen LogP contribution in [-0.4, -0.2) is 30.8 Å². The molecule has 0 aromatic heterocycles. The fourth-order valence-corrected chi connectivity index (χ4v) is 5.25. The normalized spacial score (nSPS) is 12.4. The second-order valence-corrected chi connectivity index (χ2v) is 11.6. The lowest BCUT2D eigenvalue weighted by Gasteiger charge is -2.31. The van der Waals surface area contributed by atoms with Crippen LogP contribution in [-0.2, 0) is 4.74 Å². The third kappa shape index (κ3) is 7.45. The molecule has 0 bridgehead atoms. The third-order valence-electron chi connectivity index (χ3n) is 5.80. The molecule has 0 aliphatic carbocycles. The van der Waals surface area contributed by atoms with Gasteiger partial charge in [0.1, 0.15) is 11.4 Å². The summed E-state index contributed by atoms with van der Waals surface area (Å²) >= 11 is 7.92. The highest BCUT2D eigenvalue weighted by atomic mass is 35.5. The zero-order valence-electron chi connectivity index (χ0n) is 22.0. The zero-order chi connectivity index (χ0) is 27.1. The number of nitrogens with zero attached hydrogens (tertiary/aromatic N) is 1. The number of amides is 2. The van der Waals surface area contributed by atoms with Gasteiger partial charge in [0.15, 0.2) is 0 Å². The molecule has 0 unspecified atom stereocenters. The minimum atomic E-state index is -0.481. The number of halogens is 1. The van der Waals surface area contributed by atoms with E-state index < -0.39 is 5.60 Å². The van der Waals surface area contributed by atoms with E-state index in [0.717, 1.165) is 52.6 Å². The Hall–Kier alpha value is -3.16. The van der Waals surface area contributed by atoms with Gasteiger partial charge in [-0.2, -0.15) is 0 Å². The summed E-state index contributed by atoms with van der Waals surface area (Å²) in [4.78, 5) is 29.0. The molecule has 0 atom stereocenters. The zero-order valence-corrected chi connectivity index (χ0v) is 23.5. The Morgan fingerprint density at radius 2 is 1.61 bits per heavy atom. The number of carbonyl (C=O) groups excluding carboxylic acids is 2. The van der Waals surface area contributed by atoms with Crippen LogP contribution in [0.2, 0.25) is 5.02 Å². The molecule has 3 aromatic carbocycles. The first-order valence-electron chi connectivity index (χ1n) is 12.8. The van der Waals surface area contributed by atoms with E-state index >= 15 is 0 Å². The Balaban J connectivity index is 1.26. The highest BCUT2D eigenvalue weighted by molar-refractivity contribution is 7.99. The molecule has 0 saturated heterocycles. The Labute approximate surface area is 233 Å². The summed E-state index contributed by atoms with van der Waals surface area (Å²) in [5.74, 6) is 0.610. The molecule has 0 fully saturated rings. The minimum absolute atomic E-state index is 0.118. The van der Waals surface area contributed by atoms with Gasteiger partial charge in [-0.15, -0.1) is 0 Å². The fourth-order valence-electron chi connectivity index (χ4n) is 4.04. The predicted molar refractivity (Wildman–Crippen MR) is 153 cm³/mol. The lowest BCUT2D eigenvalue weighted by molar-refractivity contribution is 0.0526. The monoisotopic (exact) mass is 552 g/mol. The van der Waals surface area contributed by atoms with Crippen molar-refractivity contribution in [2.75, 3.05) is 18.1 Å². The maximum atomic E-state index is 13.6. The number of ether oxygens (including phenoxy) is 2. The van der Waals surface area contributed by atoms with Crippen LogP contribution in [0.3, 0.4) is 0 Å². The van der Waals surface area contributed by atoms with Crippen molar-refractivity contribution in [2.45, 2.75) is 61.8 Å². The first-order chi connectivity index (χ1) is 18.2. The fraction of sp³-hybridized carbons (Fsp3) is 0.333. The lowest BCUT2D eigenvalue weighted by Crippen LogP contribution is -2.32. The van der Waals surface area contributed by atoms with Crippen LogP contribution in [0.5, 0.6) is 5.75 Å². The highest BCUT2D eigenvalue weighted by Crippen LogP contribution is 2.49. The van der Waals surface area contributed by atoms with Crippen molar-refractivity contribution in [2.24, 2.45) is 0 Å². The Kier molecular flexibility index (Phi) is 9.23. The van der Waals surface area contributed by atoms with Gasteiger partial charge < -0.3 is 14.8 Å². The summed E-state index contributed by atoms with van der Waals surface area (Å²) in [6.07, 6.45) is 3.42. The van der Waals surface area contributed by atoms with Gasteiger partial charge in [-0.05, 0) is 88.2 Å². The number of hydrogen-bond donors (Lipinski definition) is 1. The molecule has 6 nitrogen and oxygen atoms in total. The third-order valence-corrected chi connectivity index (χ3v) is 7.17. The second kappa shape index (κ2) is 12.6. The van der Waals surface area contributed by atoms with Gasteiger partial charge in [0.05, 0.1) is 18.0 Å². The Morgan fingerprint density at radius 1 is 0.895 bits per heavy atom. The van der Waals surface area contributed by atoms with Crippen LogP contribution >= 0.6 is 23.4 Å². The number of nitrogens with one attached hydrogen (secondary N) is 1. The standard InChI is InChI=1S/C30H33ClN2O4S/c1-30(2,3)37-29(35)32-18-8-4-5-9-19-36-23-15-12-21(13-16-23)28(34)33-24-10-6-7-11-26(24)38-27-17-14-22(31)20-25(27)33/h6-7,10-17,20H,4-5,8-9,18-19H2,1-3H3,(H,32,35). The molecule has 2 amide bonds. The molecule has 38 heavy (non-hydrogen) atoms. The van der Waals surface area contributed by atoms with Gasteiger partial charge in [-0.25, -0.2) is 4.79 Å². The number of alkyl carbamates (subject to hydrolysis) is 1. The van der Waals surface area contributed by atoms with E-state index in [-0.39, 0.29) is 12.0 Å². The van der Waals surface area contributed by atoms with Crippen molar-refractivity contribution in [3.63, 3.8) is 0 Å². The molecule has 3 aromatic rings. The summed E-state index contributed by atoms with van der Waals surface area (Å²) in [6, 6.07) is 20.8. The predicted octanol–water partition coefficient (Wildman–Crippen LogP) is 8.25. The molecule has 1 heterocycles. The lowest BCUT2D eigenvalue weighted by atomic mass is 10.1. The van der Waals surface area contributed by atoms with E-state index in [0.29, 0.717) is 23.7 Å². The van der Waals surface area contributed by atoms with E-state index in [1.165, 1.54) is 0 Å². The van der Waals surface area contributed by atoms with Crippen LogP contribution in [0, 0.1) is 0 Å². The van der Waals surface area contributed by atoms with E-state index in [4.69, 9.17) is 21.1 Å². The number of fused-ring (bicyclic) bond motifs is 2. The van der Waals surface area contributed by atoms with Crippen LogP contribution in [0.4, 0.5) is 16.2 Å². The quantitative estimate of drug-likeness (QED) is 0.271. The maximum Gasteiger partial charge on any atom is 0.407 e. The SMILES string of the molecule is CC(C)(C)OC(=O)NCCCCCCOc1ccc(C(=O)N2c3ccccc3Sc3ccc(Cl)cc32)cc1. The van der Waals surface area contributed by atoms with Crippen molar-refractivity contribution < 1.29 is 19.1 Å². The molecule has 200 valence electrons. The molecule has 0 saturated carbocycles. The van der Waals surface area contributed by atoms with Gasteiger partial charge in [-0.1, -0.05) is 48.3 Å². The average molecular weight is 553 g/mol. The summed E-state index contributed by atoms with van der Waals surface area (Å²) in [7, 11) is 0. The minimum Gasteiger partial charge on any atom is -0.494 e. The number of rotatable bonds is 9. The van der Waals surface area contributed by atoms with Gasteiger partial charge in [0.25, 0.3) is 5.91 Å². The number of unbranched alkanes of at least 4 members (excludes halogenated alkanes) is 3. The van der Waals surface area contributed by atoms with Crippen molar-refractivity contribution >= 4 is 46.7 Å². The van der Waals surface area contributed by atoms with E-state index in [1.807, 2.05) is 75.4 Å². The molecule has 0 spiro atoms. The number of carbonyl (C=O) groups is 2. The summed E-state index contributed by atoms with van der Waals surface area (Å²) in [6.45, 7) is 6.74. The number of para-hydroxylation sites is 1. The van der Waals surface area contributed by atoms with Crippen LogP contribution in [0.25, 0.3) is 0 Å². The molecule has 1 aliphatic rings. The van der Waals surface area contributed by atoms with Gasteiger partial charge in [0, 0.05) is 26.9 Å². The smallest absolute Gasteiger partial charge is 0.407 e. The summed E-state index contributed by atoms with van der Waals surface area (Å²) < 4.78 is 11.1. The molecular weight excluding hydrogens is 520 g/mol. The largest absolute Gasteiger partial charge is 0.494 e. The molecule has 4 rings (SSSR count). The van der Waals surface area contributed by atoms with E-state index in [9.17, 15) is 9.59 Å². The van der Waals surface area contributed by atoms with Gasteiger partial charge >= 0.3 is 6.09 Å². The van der Waals surface area contributed by atoms with E-state index in [1.54, 1.807) is 28.8 Å². The van der Waals surface area contributed by atoms with Crippen molar-refractivity contribution in [1.29, 1.82) is 0 Å². The molecule has 0 radical (unpaired) electrons. The number of anilines is 2. The Morgan fingerprint density at radius 3 is 2.37 bits per heavy atom. The topological polar surface area (TPSA) is 67.9 Å². The van der Waals surface area contributed by atoms with Gasteiger partial charge in [-0.3, -0.25) is 9.69 Å². The molecule has 1 aliphatic heterocycles. The molecular formula is C30H33ClN2O4S. The van der Waals surface area contributed by atoms with E-state index in [2.05, 4.69) is 5.32 Å².